The summed E-state index contributed by atoms with van der Waals surface area (Å²) in [5.74, 6) is 0.277. The first kappa shape index (κ1) is 21.5. The summed E-state index contributed by atoms with van der Waals surface area (Å²) in [6, 6.07) is 18.7. The monoisotopic (exact) mass is 431 g/mol. The maximum atomic E-state index is 12.7. The summed E-state index contributed by atoms with van der Waals surface area (Å²) in [5.41, 5.74) is 3.07. The van der Waals surface area contributed by atoms with E-state index in [0.29, 0.717) is 23.7 Å². The number of amides is 2. The van der Waals surface area contributed by atoms with Gasteiger partial charge in [-0.3, -0.25) is 9.59 Å². The Bertz CT molecular complexity index is 1070. The van der Waals surface area contributed by atoms with Crippen LogP contribution in [0.25, 0.3) is 11.3 Å². The minimum atomic E-state index is -0.241. The smallest absolute Gasteiger partial charge is 0.251 e. The van der Waals surface area contributed by atoms with Gasteiger partial charge in [0.05, 0.1) is 5.69 Å². The number of anilines is 2. The van der Waals surface area contributed by atoms with Crippen LogP contribution in [0.4, 0.5) is 11.6 Å². The summed E-state index contributed by atoms with van der Waals surface area (Å²) in [6.07, 6.45) is 2.58. The van der Waals surface area contributed by atoms with Crippen molar-refractivity contribution in [3.8, 4) is 11.3 Å². The minimum Gasteiger partial charge on any atom is -0.375 e. The van der Waals surface area contributed by atoms with Gasteiger partial charge in [0, 0.05) is 49.3 Å². The largest absolute Gasteiger partial charge is 0.375 e. The standard InChI is InChI=1S/C24H25N5O3/c1-32-16-22(30)26-19-9-7-18(8-10-19)23(31)27-20-12-14-29(15-20)24-25-13-11-21(28-24)17-5-3-2-4-6-17/h2-11,13,20H,12,14-16H2,1H3,(H,26,30)(H,27,31). The predicted molar refractivity (Wildman–Crippen MR) is 122 cm³/mol. The molecule has 0 aliphatic carbocycles. The number of rotatable bonds is 7. The summed E-state index contributed by atoms with van der Waals surface area (Å²) < 4.78 is 4.79. The lowest BCUT2D eigenvalue weighted by molar-refractivity contribution is -0.119. The van der Waals surface area contributed by atoms with E-state index in [1.54, 1.807) is 30.5 Å². The second-order valence-corrected chi connectivity index (χ2v) is 7.57. The zero-order valence-corrected chi connectivity index (χ0v) is 17.8. The van der Waals surface area contributed by atoms with E-state index in [4.69, 9.17) is 9.72 Å². The number of carbonyl (C=O) groups is 2. The first-order chi connectivity index (χ1) is 15.6. The van der Waals surface area contributed by atoms with Crippen molar-refractivity contribution >= 4 is 23.5 Å². The Morgan fingerprint density at radius 2 is 1.88 bits per heavy atom. The van der Waals surface area contributed by atoms with Gasteiger partial charge in [-0.15, -0.1) is 0 Å². The van der Waals surface area contributed by atoms with Crippen molar-refractivity contribution in [2.75, 3.05) is 37.0 Å². The molecule has 1 aliphatic heterocycles. The molecule has 0 radical (unpaired) electrons. The Labute approximate surface area is 186 Å². The molecular formula is C24H25N5O3. The van der Waals surface area contributed by atoms with Gasteiger partial charge in [0.1, 0.15) is 6.61 Å². The fourth-order valence-corrected chi connectivity index (χ4v) is 3.63. The van der Waals surface area contributed by atoms with Gasteiger partial charge >= 0.3 is 0 Å². The Balaban J connectivity index is 1.34. The van der Waals surface area contributed by atoms with Crippen LogP contribution in [0.15, 0.2) is 66.9 Å². The van der Waals surface area contributed by atoms with Crippen molar-refractivity contribution in [1.29, 1.82) is 0 Å². The minimum absolute atomic E-state index is 0.00700. The van der Waals surface area contributed by atoms with Crippen molar-refractivity contribution in [3.63, 3.8) is 0 Å². The lowest BCUT2D eigenvalue weighted by Crippen LogP contribution is -2.37. The van der Waals surface area contributed by atoms with Gasteiger partial charge in [0.25, 0.3) is 5.91 Å². The summed E-state index contributed by atoms with van der Waals surface area (Å²) in [7, 11) is 1.46. The maximum absolute atomic E-state index is 12.7. The van der Waals surface area contributed by atoms with E-state index >= 15 is 0 Å². The van der Waals surface area contributed by atoms with Crippen LogP contribution in [0.2, 0.25) is 0 Å². The zero-order chi connectivity index (χ0) is 22.3. The fraction of sp³-hybridized carbons (Fsp3) is 0.250. The van der Waals surface area contributed by atoms with Crippen LogP contribution < -0.4 is 15.5 Å². The van der Waals surface area contributed by atoms with E-state index in [-0.39, 0.29) is 24.5 Å². The number of nitrogens with zero attached hydrogens (tertiary/aromatic N) is 3. The molecule has 2 amide bonds. The Morgan fingerprint density at radius 3 is 2.62 bits per heavy atom. The van der Waals surface area contributed by atoms with E-state index in [0.717, 1.165) is 24.2 Å². The highest BCUT2D eigenvalue weighted by Crippen LogP contribution is 2.21. The Hall–Kier alpha value is -3.78. The average molecular weight is 431 g/mol. The first-order valence-corrected chi connectivity index (χ1v) is 10.5. The maximum Gasteiger partial charge on any atom is 0.251 e. The van der Waals surface area contributed by atoms with Crippen LogP contribution in [0, 0.1) is 0 Å². The van der Waals surface area contributed by atoms with Gasteiger partial charge in [0.15, 0.2) is 0 Å². The van der Waals surface area contributed by atoms with Crippen molar-refractivity contribution < 1.29 is 14.3 Å². The Morgan fingerprint density at radius 1 is 1.09 bits per heavy atom. The molecule has 2 heterocycles. The second kappa shape index (κ2) is 10.0. The van der Waals surface area contributed by atoms with Crippen LogP contribution in [0.5, 0.6) is 0 Å². The summed E-state index contributed by atoms with van der Waals surface area (Å²) in [5, 5.41) is 5.78. The molecule has 2 aromatic carbocycles. The summed E-state index contributed by atoms with van der Waals surface area (Å²) in [4.78, 5) is 35.4. The quantitative estimate of drug-likeness (QED) is 0.597. The number of carbonyl (C=O) groups excluding carboxylic acids is 2. The summed E-state index contributed by atoms with van der Waals surface area (Å²) >= 11 is 0. The molecule has 1 aromatic heterocycles. The molecular weight excluding hydrogens is 406 g/mol. The molecule has 1 atom stereocenters. The van der Waals surface area contributed by atoms with Gasteiger partial charge in [-0.2, -0.15) is 0 Å². The number of hydrogen-bond donors (Lipinski definition) is 2. The number of ether oxygens (including phenoxy) is 1. The molecule has 8 heteroatoms. The van der Waals surface area contributed by atoms with Crippen molar-refractivity contribution in [2.45, 2.75) is 12.5 Å². The van der Waals surface area contributed by atoms with E-state index in [1.807, 2.05) is 36.4 Å². The zero-order valence-electron chi connectivity index (χ0n) is 17.8. The van der Waals surface area contributed by atoms with Crippen LogP contribution in [-0.2, 0) is 9.53 Å². The number of nitrogens with one attached hydrogen (secondary N) is 2. The van der Waals surface area contributed by atoms with Gasteiger partial charge in [-0.1, -0.05) is 30.3 Å². The number of methoxy groups -OCH3 is 1. The molecule has 3 aromatic rings. The van der Waals surface area contributed by atoms with Crippen molar-refractivity contribution in [3.05, 3.63) is 72.4 Å². The molecule has 0 spiro atoms. The first-order valence-electron chi connectivity index (χ1n) is 10.5. The third kappa shape index (κ3) is 5.28. The number of hydrogen-bond acceptors (Lipinski definition) is 6. The molecule has 8 nitrogen and oxygen atoms in total. The second-order valence-electron chi connectivity index (χ2n) is 7.57. The average Bonchev–Trinajstić information content (AvgIpc) is 3.29. The Kier molecular flexibility index (Phi) is 6.72. The topological polar surface area (TPSA) is 96.4 Å². The highest BCUT2D eigenvalue weighted by atomic mass is 16.5. The van der Waals surface area contributed by atoms with Gasteiger partial charge < -0.3 is 20.3 Å². The van der Waals surface area contributed by atoms with E-state index in [1.165, 1.54) is 7.11 Å². The van der Waals surface area contributed by atoms with E-state index in [9.17, 15) is 9.59 Å². The third-order valence-corrected chi connectivity index (χ3v) is 5.23. The van der Waals surface area contributed by atoms with Crippen LogP contribution >= 0.6 is 0 Å². The molecule has 1 saturated heterocycles. The number of aromatic nitrogens is 2. The third-order valence-electron chi connectivity index (χ3n) is 5.23. The highest BCUT2D eigenvalue weighted by Gasteiger charge is 2.26. The van der Waals surface area contributed by atoms with Crippen LogP contribution in [-0.4, -0.2) is 54.6 Å². The highest BCUT2D eigenvalue weighted by molar-refractivity contribution is 5.96. The van der Waals surface area contributed by atoms with Gasteiger partial charge in [-0.25, -0.2) is 9.97 Å². The van der Waals surface area contributed by atoms with Crippen molar-refractivity contribution in [2.24, 2.45) is 0 Å². The van der Waals surface area contributed by atoms with E-state index in [2.05, 4.69) is 20.5 Å². The van der Waals surface area contributed by atoms with E-state index < -0.39 is 0 Å². The van der Waals surface area contributed by atoms with Crippen molar-refractivity contribution in [1.82, 2.24) is 15.3 Å². The predicted octanol–water partition coefficient (Wildman–Crippen LogP) is 2.74. The molecule has 1 aliphatic rings. The van der Waals surface area contributed by atoms with Gasteiger partial charge in [-0.05, 0) is 36.8 Å². The van der Waals surface area contributed by atoms with Crippen LogP contribution in [0.1, 0.15) is 16.8 Å². The molecule has 0 bridgehead atoms. The molecule has 2 N–H and O–H groups in total. The lowest BCUT2D eigenvalue weighted by atomic mass is 10.1. The summed E-state index contributed by atoms with van der Waals surface area (Å²) in [6.45, 7) is 1.40. The molecule has 32 heavy (non-hydrogen) atoms. The molecule has 164 valence electrons. The molecule has 0 saturated carbocycles. The van der Waals surface area contributed by atoms with Crippen LogP contribution in [0.3, 0.4) is 0 Å². The van der Waals surface area contributed by atoms with Gasteiger partial charge in [0.2, 0.25) is 11.9 Å². The molecule has 4 rings (SSSR count). The SMILES string of the molecule is COCC(=O)Nc1ccc(C(=O)NC2CCN(c3nccc(-c4ccccc4)n3)C2)cc1. The normalized spacial score (nSPS) is 15.4. The lowest BCUT2D eigenvalue weighted by Gasteiger charge is -2.17. The fourth-order valence-electron chi connectivity index (χ4n) is 3.63. The number of benzene rings is 2. The molecule has 1 unspecified atom stereocenters. The molecule has 1 fully saturated rings.